The Hall–Kier alpha value is -2.17. The molecule has 0 amide bonds. The van der Waals surface area contributed by atoms with Crippen LogP contribution in [-0.2, 0) is 6.54 Å². The van der Waals surface area contributed by atoms with Crippen molar-refractivity contribution in [3.8, 4) is 0 Å². The molecule has 0 aromatic carbocycles. The van der Waals surface area contributed by atoms with Crippen molar-refractivity contribution >= 4 is 11.8 Å². The van der Waals surface area contributed by atoms with Crippen LogP contribution in [-0.4, -0.2) is 21.0 Å². The summed E-state index contributed by atoms with van der Waals surface area (Å²) in [5.41, 5.74) is 1.12. The molecule has 100 valence electrons. The minimum atomic E-state index is 0.369. The number of pyridine rings is 1. The van der Waals surface area contributed by atoms with Gasteiger partial charge in [-0.2, -0.15) is 4.98 Å². The lowest BCUT2D eigenvalue weighted by atomic mass is 10.3. The van der Waals surface area contributed by atoms with Crippen molar-refractivity contribution in [2.45, 2.75) is 32.9 Å². The minimum Gasteiger partial charge on any atom is -0.366 e. The van der Waals surface area contributed by atoms with Gasteiger partial charge in [0.05, 0.1) is 0 Å². The van der Waals surface area contributed by atoms with Crippen LogP contribution in [0.3, 0.4) is 0 Å². The van der Waals surface area contributed by atoms with Crippen LogP contribution in [0.5, 0.6) is 0 Å². The molecule has 2 heterocycles. The highest BCUT2D eigenvalue weighted by molar-refractivity contribution is 5.40. The number of nitrogens with one attached hydrogen (secondary N) is 2. The SMILES string of the molecule is CCC(C)Nc1nccc(NCc2cccnc2)n1. The Balaban J connectivity index is 1.95. The highest BCUT2D eigenvalue weighted by Crippen LogP contribution is 2.09. The second-order valence-corrected chi connectivity index (χ2v) is 4.43. The zero-order valence-electron chi connectivity index (χ0n) is 11.3. The molecule has 1 atom stereocenters. The Morgan fingerprint density at radius 2 is 2.16 bits per heavy atom. The smallest absolute Gasteiger partial charge is 0.224 e. The molecular formula is C14H19N5. The van der Waals surface area contributed by atoms with Gasteiger partial charge in [-0.1, -0.05) is 13.0 Å². The Morgan fingerprint density at radius 3 is 2.89 bits per heavy atom. The first-order chi connectivity index (χ1) is 9.28. The largest absolute Gasteiger partial charge is 0.366 e. The van der Waals surface area contributed by atoms with E-state index in [0.717, 1.165) is 17.8 Å². The Kier molecular flexibility index (Phi) is 4.66. The fourth-order valence-electron chi connectivity index (χ4n) is 1.54. The van der Waals surface area contributed by atoms with Crippen molar-refractivity contribution in [2.24, 2.45) is 0 Å². The second kappa shape index (κ2) is 6.68. The van der Waals surface area contributed by atoms with Gasteiger partial charge < -0.3 is 10.6 Å². The third-order valence-corrected chi connectivity index (χ3v) is 2.84. The molecule has 2 aromatic heterocycles. The standard InChI is InChI=1S/C14H19N5/c1-3-11(2)18-14-16-8-6-13(19-14)17-10-12-5-4-7-15-9-12/h4-9,11H,3,10H2,1-2H3,(H2,16,17,18,19). The molecule has 1 unspecified atom stereocenters. The number of aromatic nitrogens is 3. The maximum atomic E-state index is 4.42. The highest BCUT2D eigenvalue weighted by atomic mass is 15.1. The third kappa shape index (κ3) is 4.21. The molecule has 0 aliphatic heterocycles. The summed E-state index contributed by atoms with van der Waals surface area (Å²) < 4.78 is 0. The van der Waals surface area contributed by atoms with Crippen LogP contribution in [0.1, 0.15) is 25.8 Å². The topological polar surface area (TPSA) is 62.7 Å². The van der Waals surface area contributed by atoms with Gasteiger partial charge in [-0.25, -0.2) is 4.98 Å². The lowest BCUT2D eigenvalue weighted by molar-refractivity contribution is 0.753. The van der Waals surface area contributed by atoms with Crippen LogP contribution >= 0.6 is 0 Å². The Labute approximate surface area is 113 Å². The van der Waals surface area contributed by atoms with E-state index in [0.29, 0.717) is 18.5 Å². The molecule has 0 fully saturated rings. The molecule has 2 aromatic rings. The van der Waals surface area contributed by atoms with Gasteiger partial charge in [0.25, 0.3) is 0 Å². The van der Waals surface area contributed by atoms with Crippen molar-refractivity contribution < 1.29 is 0 Å². The monoisotopic (exact) mass is 257 g/mol. The van der Waals surface area contributed by atoms with Crippen LogP contribution < -0.4 is 10.6 Å². The molecule has 19 heavy (non-hydrogen) atoms. The van der Waals surface area contributed by atoms with Crippen LogP contribution in [0.4, 0.5) is 11.8 Å². The van der Waals surface area contributed by atoms with Crippen molar-refractivity contribution in [3.05, 3.63) is 42.4 Å². The summed E-state index contributed by atoms with van der Waals surface area (Å²) in [7, 11) is 0. The van der Waals surface area contributed by atoms with E-state index in [9.17, 15) is 0 Å². The van der Waals surface area contributed by atoms with Crippen molar-refractivity contribution in [1.29, 1.82) is 0 Å². The van der Waals surface area contributed by atoms with Gasteiger partial charge in [0.1, 0.15) is 5.82 Å². The summed E-state index contributed by atoms with van der Waals surface area (Å²) in [6, 6.07) is 6.18. The number of hydrogen-bond donors (Lipinski definition) is 2. The number of hydrogen-bond acceptors (Lipinski definition) is 5. The fraction of sp³-hybridized carbons (Fsp3) is 0.357. The van der Waals surface area contributed by atoms with Crippen molar-refractivity contribution in [3.63, 3.8) is 0 Å². The summed E-state index contributed by atoms with van der Waals surface area (Å²) in [6.07, 6.45) is 6.40. The number of rotatable bonds is 6. The van der Waals surface area contributed by atoms with Crippen LogP contribution in [0.15, 0.2) is 36.8 Å². The van der Waals surface area contributed by atoms with Crippen LogP contribution in [0.2, 0.25) is 0 Å². The van der Waals surface area contributed by atoms with Gasteiger partial charge in [-0.3, -0.25) is 4.98 Å². The first-order valence-electron chi connectivity index (χ1n) is 6.50. The van der Waals surface area contributed by atoms with Gasteiger partial charge >= 0.3 is 0 Å². The Bertz CT molecular complexity index is 500. The average molecular weight is 257 g/mol. The maximum absolute atomic E-state index is 4.42. The van der Waals surface area contributed by atoms with E-state index in [-0.39, 0.29) is 0 Å². The number of anilines is 2. The van der Waals surface area contributed by atoms with Crippen LogP contribution in [0.25, 0.3) is 0 Å². The van der Waals surface area contributed by atoms with Crippen LogP contribution in [0, 0.1) is 0 Å². The molecule has 0 saturated carbocycles. The zero-order chi connectivity index (χ0) is 13.5. The lowest BCUT2D eigenvalue weighted by Gasteiger charge is -2.12. The highest BCUT2D eigenvalue weighted by Gasteiger charge is 2.02. The predicted octanol–water partition coefficient (Wildman–Crippen LogP) is 2.69. The molecule has 5 nitrogen and oxygen atoms in total. The molecule has 0 bridgehead atoms. The molecular weight excluding hydrogens is 238 g/mol. The second-order valence-electron chi connectivity index (χ2n) is 4.43. The third-order valence-electron chi connectivity index (χ3n) is 2.84. The van der Waals surface area contributed by atoms with E-state index < -0.39 is 0 Å². The minimum absolute atomic E-state index is 0.369. The Morgan fingerprint density at radius 1 is 1.26 bits per heavy atom. The molecule has 0 aliphatic rings. The molecule has 2 rings (SSSR count). The first-order valence-corrected chi connectivity index (χ1v) is 6.50. The van der Waals surface area contributed by atoms with Gasteiger partial charge in [0, 0.05) is 31.2 Å². The summed E-state index contributed by atoms with van der Waals surface area (Å²) in [5, 5.41) is 6.52. The first kappa shape index (κ1) is 13.3. The van der Waals surface area contributed by atoms with Gasteiger partial charge in [-0.05, 0) is 31.0 Å². The molecule has 2 N–H and O–H groups in total. The summed E-state index contributed by atoms with van der Waals surface area (Å²) in [4.78, 5) is 12.7. The van der Waals surface area contributed by atoms with Gasteiger partial charge in [-0.15, -0.1) is 0 Å². The van der Waals surface area contributed by atoms with E-state index in [2.05, 4.69) is 39.4 Å². The van der Waals surface area contributed by atoms with E-state index in [4.69, 9.17) is 0 Å². The van der Waals surface area contributed by atoms with Crippen molar-refractivity contribution in [1.82, 2.24) is 15.0 Å². The molecule has 5 heteroatoms. The normalized spacial score (nSPS) is 11.9. The fourth-order valence-corrected chi connectivity index (χ4v) is 1.54. The van der Waals surface area contributed by atoms with E-state index in [1.165, 1.54) is 0 Å². The molecule has 0 radical (unpaired) electrons. The van der Waals surface area contributed by atoms with E-state index in [1.807, 2.05) is 24.4 Å². The zero-order valence-corrected chi connectivity index (χ0v) is 11.3. The maximum Gasteiger partial charge on any atom is 0.224 e. The molecule has 0 aliphatic carbocycles. The van der Waals surface area contributed by atoms with Crippen molar-refractivity contribution in [2.75, 3.05) is 10.6 Å². The number of nitrogens with zero attached hydrogens (tertiary/aromatic N) is 3. The van der Waals surface area contributed by atoms with E-state index >= 15 is 0 Å². The molecule has 0 spiro atoms. The predicted molar refractivity (Wildman–Crippen MR) is 77.0 cm³/mol. The van der Waals surface area contributed by atoms with Gasteiger partial charge in [0.15, 0.2) is 0 Å². The summed E-state index contributed by atoms with van der Waals surface area (Å²) >= 11 is 0. The van der Waals surface area contributed by atoms with E-state index in [1.54, 1.807) is 12.4 Å². The van der Waals surface area contributed by atoms with Gasteiger partial charge in [0.2, 0.25) is 5.95 Å². The summed E-state index contributed by atoms with van der Waals surface area (Å²) in [5.74, 6) is 1.47. The quantitative estimate of drug-likeness (QED) is 0.833. The lowest BCUT2D eigenvalue weighted by Crippen LogP contribution is -2.16. The molecule has 0 saturated heterocycles. The summed E-state index contributed by atoms with van der Waals surface area (Å²) in [6.45, 7) is 4.94. The average Bonchev–Trinajstić information content (AvgIpc) is 2.46.